The summed E-state index contributed by atoms with van der Waals surface area (Å²) >= 11 is 0. The van der Waals surface area contributed by atoms with Crippen LogP contribution in [0.3, 0.4) is 0 Å². The molecule has 0 aromatic heterocycles. The largest absolute Gasteiger partial charge is 0.441 e. The maximum absolute atomic E-state index is 13.8. The van der Waals surface area contributed by atoms with E-state index >= 15 is 0 Å². The molecule has 42 heavy (non-hydrogen) atoms. The SMILES string of the molecule is CC(C)C[C@H](NC(=O)OC(c1ccccc1)C1CCC(F)(F)CC1)C(=O)N[C@@H](C[C@@H]1CCNC1=O)C(O)S(=O)(=O)O.[Na]. The summed E-state index contributed by atoms with van der Waals surface area (Å²) in [7, 11) is -5.00. The van der Waals surface area contributed by atoms with Crippen molar-refractivity contribution >= 4 is 57.6 Å². The number of ether oxygens (including phenoxy) is 1. The first-order valence-corrected chi connectivity index (χ1v) is 15.3. The van der Waals surface area contributed by atoms with Gasteiger partial charge in [-0.3, -0.25) is 14.1 Å². The van der Waals surface area contributed by atoms with Crippen LogP contribution in [-0.2, 0) is 24.4 Å². The summed E-state index contributed by atoms with van der Waals surface area (Å²) in [4.78, 5) is 38.4. The second-order valence-electron chi connectivity index (χ2n) is 11.3. The van der Waals surface area contributed by atoms with Crippen molar-refractivity contribution < 1.29 is 46.0 Å². The first-order valence-electron chi connectivity index (χ1n) is 13.8. The van der Waals surface area contributed by atoms with Gasteiger partial charge >= 0.3 is 6.09 Å². The third-order valence-electron chi connectivity index (χ3n) is 7.55. The number of carbonyl (C=O) groups is 3. The molecule has 1 saturated carbocycles. The minimum atomic E-state index is -5.00. The molecule has 3 rings (SSSR count). The first kappa shape index (κ1) is 36.4. The molecule has 1 saturated heterocycles. The van der Waals surface area contributed by atoms with E-state index in [1.807, 2.05) is 0 Å². The van der Waals surface area contributed by atoms with Gasteiger partial charge in [-0.15, -0.1) is 0 Å². The van der Waals surface area contributed by atoms with Crippen LogP contribution in [0, 0.1) is 17.8 Å². The van der Waals surface area contributed by atoms with Crippen LogP contribution < -0.4 is 16.0 Å². The minimum absolute atomic E-state index is 0. The van der Waals surface area contributed by atoms with Crippen molar-refractivity contribution in [2.24, 2.45) is 17.8 Å². The van der Waals surface area contributed by atoms with Gasteiger partial charge in [-0.05, 0) is 43.6 Å². The number of nitrogens with one attached hydrogen (secondary N) is 3. The molecule has 1 aliphatic heterocycles. The molecule has 1 aliphatic carbocycles. The van der Waals surface area contributed by atoms with E-state index < -0.39 is 57.6 Å². The van der Waals surface area contributed by atoms with Crippen molar-refractivity contribution in [1.82, 2.24) is 16.0 Å². The van der Waals surface area contributed by atoms with Crippen LogP contribution in [0.1, 0.15) is 70.5 Å². The fourth-order valence-electron chi connectivity index (χ4n) is 5.35. The van der Waals surface area contributed by atoms with Gasteiger partial charge in [-0.2, -0.15) is 8.42 Å². The van der Waals surface area contributed by atoms with Gasteiger partial charge in [-0.25, -0.2) is 13.6 Å². The Morgan fingerprint density at radius 3 is 2.26 bits per heavy atom. The van der Waals surface area contributed by atoms with Gasteiger partial charge in [0, 0.05) is 60.8 Å². The average molecular weight is 627 g/mol. The van der Waals surface area contributed by atoms with E-state index in [4.69, 9.17) is 4.74 Å². The summed E-state index contributed by atoms with van der Waals surface area (Å²) in [6.07, 6.45) is -2.02. The molecule has 231 valence electrons. The van der Waals surface area contributed by atoms with Gasteiger partial charge < -0.3 is 25.8 Å². The number of aliphatic hydroxyl groups is 1. The Bertz CT molecular complexity index is 1170. The molecule has 2 fully saturated rings. The van der Waals surface area contributed by atoms with Gasteiger partial charge in [0.2, 0.25) is 23.2 Å². The van der Waals surface area contributed by atoms with E-state index in [9.17, 15) is 41.2 Å². The number of carbonyl (C=O) groups excluding carboxylic acids is 3. The Kier molecular flexibility index (Phi) is 13.6. The molecule has 3 amide bonds. The van der Waals surface area contributed by atoms with Crippen molar-refractivity contribution in [2.75, 3.05) is 6.54 Å². The third kappa shape index (κ3) is 10.7. The number of alkyl carbamates (subject to hydrolysis) is 1. The second kappa shape index (κ2) is 15.8. The minimum Gasteiger partial charge on any atom is -0.441 e. The number of rotatable bonds is 12. The normalized spacial score (nSPS) is 21.8. The predicted octanol–water partition coefficient (Wildman–Crippen LogP) is 2.53. The number of hydrogen-bond acceptors (Lipinski definition) is 7. The summed E-state index contributed by atoms with van der Waals surface area (Å²) in [6, 6.07) is 5.92. The van der Waals surface area contributed by atoms with Crippen LogP contribution in [0.5, 0.6) is 0 Å². The van der Waals surface area contributed by atoms with Gasteiger partial charge in [0.05, 0.1) is 6.04 Å². The molecule has 1 radical (unpaired) electrons. The molecular formula is C27H39F2N3NaO8S. The van der Waals surface area contributed by atoms with Crippen LogP contribution in [0.15, 0.2) is 30.3 Å². The van der Waals surface area contributed by atoms with Crippen LogP contribution in [0.2, 0.25) is 0 Å². The third-order valence-corrected chi connectivity index (χ3v) is 8.48. The van der Waals surface area contributed by atoms with E-state index in [1.54, 1.807) is 44.2 Å². The Morgan fingerprint density at radius 1 is 1.12 bits per heavy atom. The maximum atomic E-state index is 13.8. The molecule has 2 aliphatic rings. The van der Waals surface area contributed by atoms with Crippen LogP contribution in [0.25, 0.3) is 0 Å². The van der Waals surface area contributed by atoms with Gasteiger partial charge in [0.15, 0.2) is 0 Å². The summed E-state index contributed by atoms with van der Waals surface area (Å²) in [5, 5.41) is 17.7. The number of benzene rings is 1. The number of halogens is 2. The molecule has 1 aromatic carbocycles. The van der Waals surface area contributed by atoms with E-state index in [2.05, 4.69) is 16.0 Å². The fourth-order valence-corrected chi connectivity index (χ4v) is 5.95. The van der Waals surface area contributed by atoms with Crippen LogP contribution in [0.4, 0.5) is 13.6 Å². The number of amides is 3. The van der Waals surface area contributed by atoms with Gasteiger partial charge in [0.25, 0.3) is 10.1 Å². The molecule has 11 nitrogen and oxygen atoms in total. The van der Waals surface area contributed by atoms with Gasteiger partial charge in [0.1, 0.15) is 12.1 Å². The molecule has 5 atom stereocenters. The predicted molar refractivity (Wildman–Crippen MR) is 150 cm³/mol. The Hall–Kier alpha value is -1.84. The van der Waals surface area contributed by atoms with Crippen LogP contribution >= 0.6 is 0 Å². The molecular weight excluding hydrogens is 587 g/mol. The van der Waals surface area contributed by atoms with Crippen molar-refractivity contribution in [1.29, 1.82) is 0 Å². The topological polar surface area (TPSA) is 171 Å². The van der Waals surface area contributed by atoms with Crippen molar-refractivity contribution in [3.63, 3.8) is 0 Å². The van der Waals surface area contributed by atoms with E-state index in [-0.39, 0.29) is 85.8 Å². The summed E-state index contributed by atoms with van der Waals surface area (Å²) in [6.45, 7) is 3.92. The van der Waals surface area contributed by atoms with Crippen molar-refractivity contribution in [3.8, 4) is 0 Å². The van der Waals surface area contributed by atoms with Gasteiger partial charge in [-0.1, -0.05) is 44.2 Å². The molecule has 0 bridgehead atoms. The molecule has 15 heteroatoms. The van der Waals surface area contributed by atoms with Crippen molar-refractivity contribution in [3.05, 3.63) is 35.9 Å². The quantitative estimate of drug-likeness (QED) is 0.174. The Balaban J connectivity index is 0.00000616. The zero-order valence-corrected chi connectivity index (χ0v) is 26.9. The number of hydrogen-bond donors (Lipinski definition) is 5. The summed E-state index contributed by atoms with van der Waals surface area (Å²) in [5.41, 5.74) is -1.78. The van der Waals surface area contributed by atoms with E-state index in [1.165, 1.54) is 0 Å². The molecule has 2 unspecified atom stereocenters. The number of alkyl halides is 2. The average Bonchev–Trinajstić information content (AvgIpc) is 3.30. The van der Waals surface area contributed by atoms with E-state index in [0.717, 1.165) is 0 Å². The fraction of sp³-hybridized carbons (Fsp3) is 0.667. The smallest absolute Gasteiger partial charge is 0.408 e. The zero-order valence-electron chi connectivity index (χ0n) is 24.1. The molecule has 5 N–H and O–H groups in total. The molecule has 1 aromatic rings. The maximum Gasteiger partial charge on any atom is 0.408 e. The standard InChI is InChI=1S/C27H39F2N3O8S.Na/c1-16(2)14-20(24(34)31-21(25(35)41(37,38)39)15-19-10-13-30-23(19)33)32-26(36)40-22(17-6-4-3-5-7-17)18-8-11-27(28,29)12-9-18;/h3-7,16,18-22,25,35H,8-15H2,1-2H3,(H,30,33)(H,31,34)(H,32,36)(H,37,38,39);/t19-,20-,21-,22?,25?;/m0./s1. The molecule has 1 heterocycles. The Labute approximate surface area is 266 Å². The van der Waals surface area contributed by atoms with Crippen LogP contribution in [-0.4, -0.2) is 95.5 Å². The zero-order chi connectivity index (χ0) is 30.4. The Morgan fingerprint density at radius 2 is 1.74 bits per heavy atom. The summed E-state index contributed by atoms with van der Waals surface area (Å²) < 4.78 is 66.2. The first-order chi connectivity index (χ1) is 19.2. The van der Waals surface area contributed by atoms with Crippen molar-refractivity contribution in [2.45, 2.75) is 88.3 Å². The molecule has 0 spiro atoms. The number of aliphatic hydroxyl groups excluding tert-OH is 1. The summed E-state index contributed by atoms with van der Waals surface area (Å²) in [5.74, 6) is -5.19. The van der Waals surface area contributed by atoms with E-state index in [0.29, 0.717) is 18.5 Å². The monoisotopic (exact) mass is 626 g/mol. The second-order valence-corrected chi connectivity index (χ2v) is 12.8.